The molecule has 1 heterocycles. The van der Waals surface area contributed by atoms with Gasteiger partial charge in [0.05, 0.1) is 12.0 Å². The van der Waals surface area contributed by atoms with E-state index in [0.29, 0.717) is 6.61 Å². The molecule has 0 aromatic heterocycles. The summed E-state index contributed by atoms with van der Waals surface area (Å²) in [5.41, 5.74) is 2.18. The molecule has 6 atom stereocenters. The lowest BCUT2D eigenvalue weighted by molar-refractivity contribution is -0.146. The number of hydrogen-bond donors (Lipinski definition) is 1. The van der Waals surface area contributed by atoms with E-state index in [4.69, 9.17) is 9.16 Å². The molecule has 4 nitrogen and oxygen atoms in total. The molecule has 26 heavy (non-hydrogen) atoms. The standard InChI is InChI=1S/C21H34O4Si/c1-12-8-9-14-13(2)20(23)25-19(14)18-15(12)10-17(22)16(18)11-24-26(6,7)21(3,4)5/h10,13-14,16-19,22H,1,8-9,11H2,2-7H3/t13-,14-,16+,17+,18+,19-/m0/s1. The fourth-order valence-electron chi connectivity index (χ4n) is 4.39. The lowest BCUT2D eigenvalue weighted by Gasteiger charge is -2.39. The monoisotopic (exact) mass is 378 g/mol. The molecule has 0 amide bonds. The lowest BCUT2D eigenvalue weighted by atomic mass is 9.78. The first-order valence-corrected chi connectivity index (χ1v) is 12.8. The van der Waals surface area contributed by atoms with Crippen LogP contribution in [0.4, 0.5) is 0 Å². The van der Waals surface area contributed by atoms with Crippen LogP contribution in [0.25, 0.3) is 0 Å². The smallest absolute Gasteiger partial charge is 0.309 e. The van der Waals surface area contributed by atoms with Gasteiger partial charge in [-0.2, -0.15) is 0 Å². The van der Waals surface area contributed by atoms with Gasteiger partial charge < -0.3 is 14.3 Å². The summed E-state index contributed by atoms with van der Waals surface area (Å²) in [6, 6.07) is 0. The Labute approximate surface area is 158 Å². The van der Waals surface area contributed by atoms with E-state index in [0.717, 1.165) is 24.0 Å². The van der Waals surface area contributed by atoms with Gasteiger partial charge in [-0.05, 0) is 36.5 Å². The van der Waals surface area contributed by atoms with Crippen molar-refractivity contribution < 1.29 is 19.1 Å². The summed E-state index contributed by atoms with van der Waals surface area (Å²) in [6.45, 7) is 17.9. The van der Waals surface area contributed by atoms with E-state index < -0.39 is 14.4 Å². The summed E-state index contributed by atoms with van der Waals surface area (Å²) in [5, 5.41) is 10.9. The topological polar surface area (TPSA) is 55.8 Å². The van der Waals surface area contributed by atoms with Crippen LogP contribution in [0.3, 0.4) is 0 Å². The zero-order valence-corrected chi connectivity index (χ0v) is 18.0. The highest BCUT2D eigenvalue weighted by molar-refractivity contribution is 6.74. The number of aliphatic hydroxyl groups is 1. The largest absolute Gasteiger partial charge is 0.461 e. The lowest BCUT2D eigenvalue weighted by Crippen LogP contribution is -2.44. The van der Waals surface area contributed by atoms with Gasteiger partial charge in [0.15, 0.2) is 8.32 Å². The third-order valence-electron chi connectivity index (χ3n) is 7.28. The summed E-state index contributed by atoms with van der Waals surface area (Å²) in [5.74, 6) is -0.0387. The maximum atomic E-state index is 12.2. The van der Waals surface area contributed by atoms with Crippen molar-refractivity contribution in [3.63, 3.8) is 0 Å². The molecule has 2 aliphatic carbocycles. The van der Waals surface area contributed by atoms with Gasteiger partial charge in [-0.25, -0.2) is 0 Å². The number of fused-ring (bicyclic) bond motifs is 3. The van der Waals surface area contributed by atoms with Gasteiger partial charge in [-0.15, -0.1) is 0 Å². The molecule has 0 aromatic rings. The fraction of sp³-hybridized carbons (Fsp3) is 0.762. The first-order chi connectivity index (χ1) is 11.9. The van der Waals surface area contributed by atoms with E-state index in [9.17, 15) is 9.90 Å². The molecule has 3 aliphatic rings. The van der Waals surface area contributed by atoms with Crippen molar-refractivity contribution in [1.29, 1.82) is 0 Å². The summed E-state index contributed by atoms with van der Waals surface area (Å²) >= 11 is 0. The van der Waals surface area contributed by atoms with Crippen LogP contribution < -0.4 is 0 Å². The first kappa shape index (κ1) is 19.8. The van der Waals surface area contributed by atoms with Gasteiger partial charge in [0.1, 0.15) is 6.10 Å². The number of ether oxygens (including phenoxy) is 1. The molecular weight excluding hydrogens is 344 g/mol. The molecule has 0 spiro atoms. The second-order valence-corrected chi connectivity index (χ2v) is 14.7. The van der Waals surface area contributed by atoms with E-state index in [-0.39, 0.29) is 40.8 Å². The van der Waals surface area contributed by atoms with Crippen LogP contribution in [-0.4, -0.2) is 38.2 Å². The molecule has 3 rings (SSSR count). The summed E-state index contributed by atoms with van der Waals surface area (Å²) < 4.78 is 12.3. The highest BCUT2D eigenvalue weighted by Gasteiger charge is 2.54. The number of aliphatic hydroxyl groups excluding tert-OH is 1. The highest BCUT2D eigenvalue weighted by Crippen LogP contribution is 2.50. The number of rotatable bonds is 3. The van der Waals surface area contributed by atoms with Gasteiger partial charge in [-0.3, -0.25) is 4.79 Å². The molecule has 0 aromatic carbocycles. The van der Waals surface area contributed by atoms with Crippen LogP contribution in [0.1, 0.15) is 40.5 Å². The van der Waals surface area contributed by atoms with Crippen LogP contribution in [0.5, 0.6) is 0 Å². The Kier molecular flexibility index (Phi) is 5.04. The maximum absolute atomic E-state index is 12.2. The van der Waals surface area contributed by atoms with E-state index in [1.165, 1.54) is 0 Å². The minimum absolute atomic E-state index is 0.00340. The zero-order chi connectivity index (χ0) is 19.4. The normalized spacial score (nSPS) is 37.7. The van der Waals surface area contributed by atoms with E-state index in [2.05, 4.69) is 40.4 Å². The Balaban J connectivity index is 1.85. The van der Waals surface area contributed by atoms with Crippen LogP contribution in [0.15, 0.2) is 23.8 Å². The predicted molar refractivity (Wildman–Crippen MR) is 105 cm³/mol. The molecule has 2 fully saturated rings. The molecule has 5 heteroatoms. The quantitative estimate of drug-likeness (QED) is 0.594. The van der Waals surface area contributed by atoms with Gasteiger partial charge in [-0.1, -0.05) is 45.9 Å². The Morgan fingerprint density at radius 2 is 2.04 bits per heavy atom. The van der Waals surface area contributed by atoms with Crippen LogP contribution >= 0.6 is 0 Å². The number of esters is 1. The SMILES string of the molecule is C=C1CC[C@@H]2[C@H](OC(=O)[C@H]2C)[C@@H]2C1=C[C@@H](O)[C@H]2CO[Si](C)(C)C(C)(C)C. The maximum Gasteiger partial charge on any atom is 0.309 e. The number of carbonyl (C=O) groups is 1. The average molecular weight is 379 g/mol. The Hall–Kier alpha value is -0.913. The van der Waals surface area contributed by atoms with E-state index in [1.54, 1.807) is 0 Å². The second-order valence-electron chi connectivity index (χ2n) is 9.87. The molecule has 0 unspecified atom stereocenters. The van der Waals surface area contributed by atoms with Gasteiger partial charge >= 0.3 is 5.97 Å². The van der Waals surface area contributed by atoms with E-state index in [1.807, 2.05) is 13.0 Å². The highest BCUT2D eigenvalue weighted by atomic mass is 28.4. The summed E-state index contributed by atoms with van der Waals surface area (Å²) in [4.78, 5) is 12.2. The Bertz CT molecular complexity index is 630. The molecular formula is C21H34O4Si. The molecule has 146 valence electrons. The zero-order valence-electron chi connectivity index (χ0n) is 17.0. The third kappa shape index (κ3) is 3.23. The molecule has 0 bridgehead atoms. The van der Waals surface area contributed by atoms with Crippen molar-refractivity contribution in [2.75, 3.05) is 6.61 Å². The summed E-state index contributed by atoms with van der Waals surface area (Å²) in [7, 11) is -1.91. The van der Waals surface area contributed by atoms with Crippen molar-refractivity contribution in [3.8, 4) is 0 Å². The number of allylic oxidation sites excluding steroid dienone is 1. The predicted octanol–water partition coefficient (Wildman–Crippen LogP) is 4.07. The molecule has 1 saturated carbocycles. The van der Waals surface area contributed by atoms with Gasteiger partial charge in [0, 0.05) is 24.4 Å². The first-order valence-electron chi connectivity index (χ1n) is 9.86. The second kappa shape index (κ2) is 6.61. The summed E-state index contributed by atoms with van der Waals surface area (Å²) in [6.07, 6.45) is 3.01. The van der Waals surface area contributed by atoms with Gasteiger partial charge in [0.2, 0.25) is 0 Å². The number of hydrogen-bond acceptors (Lipinski definition) is 4. The molecule has 0 radical (unpaired) electrons. The van der Waals surface area contributed by atoms with Crippen molar-refractivity contribution in [2.24, 2.45) is 23.7 Å². The molecule has 1 N–H and O–H groups in total. The minimum atomic E-state index is -1.91. The van der Waals surface area contributed by atoms with Crippen LogP contribution in [0, 0.1) is 23.7 Å². The fourth-order valence-corrected chi connectivity index (χ4v) is 5.43. The van der Waals surface area contributed by atoms with Crippen molar-refractivity contribution in [1.82, 2.24) is 0 Å². The van der Waals surface area contributed by atoms with Crippen molar-refractivity contribution in [2.45, 2.75) is 70.9 Å². The van der Waals surface area contributed by atoms with Gasteiger partial charge in [0.25, 0.3) is 0 Å². The Morgan fingerprint density at radius 1 is 1.38 bits per heavy atom. The average Bonchev–Trinajstić information content (AvgIpc) is 2.95. The van der Waals surface area contributed by atoms with Crippen molar-refractivity contribution in [3.05, 3.63) is 23.8 Å². The van der Waals surface area contributed by atoms with Crippen LogP contribution in [0.2, 0.25) is 18.1 Å². The van der Waals surface area contributed by atoms with Crippen molar-refractivity contribution >= 4 is 14.3 Å². The molecule has 1 aliphatic heterocycles. The Morgan fingerprint density at radius 3 is 2.65 bits per heavy atom. The number of carbonyl (C=O) groups excluding carboxylic acids is 1. The molecule has 1 saturated heterocycles. The van der Waals surface area contributed by atoms with Crippen LogP contribution in [-0.2, 0) is 14.0 Å². The minimum Gasteiger partial charge on any atom is -0.461 e. The third-order valence-corrected chi connectivity index (χ3v) is 11.8. The van der Waals surface area contributed by atoms with E-state index >= 15 is 0 Å².